The van der Waals surface area contributed by atoms with Gasteiger partial charge in [-0.2, -0.15) is 0 Å². The third-order valence-corrected chi connectivity index (χ3v) is 7.89. The first-order valence-corrected chi connectivity index (χ1v) is 12.8. The molecule has 4 heterocycles. The van der Waals surface area contributed by atoms with E-state index in [9.17, 15) is 13.6 Å². The second kappa shape index (κ2) is 10.1. The summed E-state index contributed by atoms with van der Waals surface area (Å²) in [7, 11) is 1.99. The second-order valence-electron chi connectivity index (χ2n) is 9.41. The molecule has 0 bridgehead atoms. The Morgan fingerprint density at radius 1 is 1.27 bits per heavy atom. The maximum Gasteiger partial charge on any atom is 0.240 e. The quantitative estimate of drug-likeness (QED) is 0.401. The summed E-state index contributed by atoms with van der Waals surface area (Å²) in [6, 6.07) is 0.571. The van der Waals surface area contributed by atoms with Crippen LogP contribution in [-0.2, 0) is 4.79 Å². The number of amides is 1. The van der Waals surface area contributed by atoms with E-state index in [0.717, 1.165) is 30.5 Å². The number of ether oxygens (including phenoxy) is 1. The van der Waals surface area contributed by atoms with Crippen LogP contribution in [0.15, 0.2) is 29.0 Å². The smallest absolute Gasteiger partial charge is 0.240 e. The van der Waals surface area contributed by atoms with E-state index < -0.39 is 17.7 Å². The lowest BCUT2D eigenvalue weighted by molar-refractivity contribution is -0.135. The second-order valence-corrected chi connectivity index (χ2v) is 10.2. The molecule has 2 atom stereocenters. The number of benzene rings is 1. The maximum absolute atomic E-state index is 14.1. The number of hydrogen-bond acceptors (Lipinski definition) is 6. The monoisotopic (exact) mass is 550 g/mol. The van der Waals surface area contributed by atoms with E-state index in [4.69, 9.17) is 38.1 Å². The van der Waals surface area contributed by atoms with Gasteiger partial charge in [0.2, 0.25) is 11.7 Å². The summed E-state index contributed by atoms with van der Waals surface area (Å²) in [4.78, 5) is 21.2. The molecule has 1 saturated heterocycles. The van der Waals surface area contributed by atoms with Crippen LogP contribution in [0.1, 0.15) is 43.4 Å². The number of likely N-dealkylation sites (tertiary alicyclic amines) is 1. The van der Waals surface area contributed by atoms with Crippen molar-refractivity contribution in [1.82, 2.24) is 14.8 Å². The minimum absolute atomic E-state index is 0.0412. The average Bonchev–Trinajstić information content (AvgIpc) is 3.51. The number of furan rings is 1. The van der Waals surface area contributed by atoms with Gasteiger partial charge in [0.05, 0.1) is 27.7 Å². The number of aromatic nitrogens is 1. The minimum Gasteiger partial charge on any atom is -0.478 e. The number of halogens is 4. The first-order chi connectivity index (χ1) is 17.7. The maximum atomic E-state index is 14.1. The normalized spacial score (nSPS) is 19.4. The van der Waals surface area contributed by atoms with Crippen molar-refractivity contribution in [3.63, 3.8) is 0 Å². The van der Waals surface area contributed by atoms with Crippen LogP contribution in [0.4, 0.5) is 14.6 Å². The number of hydrogen-bond donors (Lipinski definition) is 1. The Balaban J connectivity index is 1.41. The molecular formula is C26H26Cl2F2N4O3. The van der Waals surface area contributed by atoms with E-state index in [0.29, 0.717) is 36.5 Å². The number of nitrogen functional groups attached to an aromatic ring is 1. The summed E-state index contributed by atoms with van der Waals surface area (Å²) in [6.45, 7) is 3.60. The summed E-state index contributed by atoms with van der Waals surface area (Å²) < 4.78 is 40.0. The van der Waals surface area contributed by atoms with Crippen LogP contribution < -0.4 is 10.5 Å². The lowest BCUT2D eigenvalue weighted by Gasteiger charge is -2.30. The Hall–Kier alpha value is -2.88. The van der Waals surface area contributed by atoms with Crippen molar-refractivity contribution in [1.29, 1.82) is 0 Å². The standard InChI is InChI=1S/C26H26Cl2F2N4O3/c1-13(20-21(27)17(29)10-18(30)22(20)28)37-24-23-15(11-32-25(24)31)16(12-36-23)14-5-8-34(9-6-14)26(35)19-4-3-7-33(19)2/h5,10-13,19H,3-4,6-9H2,1-2H3,(H2,31,32)/t13-,19?/m1/s1. The number of carbonyl (C=O) groups excluding carboxylic acids is 1. The topological polar surface area (TPSA) is 84.8 Å². The SMILES string of the molecule is C[C@@H](Oc1c(N)ncc2c(C3=CCN(C(=O)C4CCCN4C)CC3)coc12)c1c(Cl)c(F)cc(F)c1Cl. The van der Waals surface area contributed by atoms with Gasteiger partial charge in [-0.05, 0) is 45.4 Å². The number of nitrogens with zero attached hydrogens (tertiary/aromatic N) is 3. The van der Waals surface area contributed by atoms with Crippen molar-refractivity contribution in [3.05, 3.63) is 57.4 Å². The van der Waals surface area contributed by atoms with Crippen LogP contribution in [-0.4, -0.2) is 53.4 Å². The molecular weight excluding hydrogens is 525 g/mol. The third kappa shape index (κ3) is 4.64. The van der Waals surface area contributed by atoms with E-state index in [1.807, 2.05) is 18.0 Å². The largest absolute Gasteiger partial charge is 0.478 e. The molecule has 0 saturated carbocycles. The van der Waals surface area contributed by atoms with Gasteiger partial charge in [0, 0.05) is 36.5 Å². The van der Waals surface area contributed by atoms with E-state index in [-0.39, 0.29) is 39.1 Å². The molecule has 5 rings (SSSR count). The third-order valence-electron chi connectivity index (χ3n) is 7.12. The Morgan fingerprint density at radius 2 is 2.00 bits per heavy atom. The molecule has 37 heavy (non-hydrogen) atoms. The number of likely N-dealkylation sites (N-methyl/N-ethyl adjacent to an activating group) is 1. The molecule has 1 fully saturated rings. The van der Waals surface area contributed by atoms with Crippen LogP contribution in [0.5, 0.6) is 5.75 Å². The zero-order chi connectivity index (χ0) is 26.4. The number of anilines is 1. The van der Waals surface area contributed by atoms with Crippen molar-refractivity contribution in [2.75, 3.05) is 32.4 Å². The number of carbonyl (C=O) groups is 1. The summed E-state index contributed by atoms with van der Waals surface area (Å²) >= 11 is 12.1. The number of pyridine rings is 1. The van der Waals surface area contributed by atoms with Crippen molar-refractivity contribution in [3.8, 4) is 5.75 Å². The first-order valence-electron chi connectivity index (χ1n) is 12.0. The zero-order valence-corrected chi connectivity index (χ0v) is 21.9. The van der Waals surface area contributed by atoms with Crippen molar-refractivity contribution in [2.45, 2.75) is 38.3 Å². The Morgan fingerprint density at radius 3 is 2.62 bits per heavy atom. The van der Waals surface area contributed by atoms with Gasteiger partial charge in [0.1, 0.15) is 17.7 Å². The van der Waals surface area contributed by atoms with Crippen LogP contribution in [0.3, 0.4) is 0 Å². The lowest BCUT2D eigenvalue weighted by Crippen LogP contribution is -2.45. The predicted octanol–water partition coefficient (Wildman–Crippen LogP) is 5.84. The molecule has 2 aliphatic heterocycles. The fourth-order valence-electron chi connectivity index (χ4n) is 5.07. The van der Waals surface area contributed by atoms with Gasteiger partial charge in [-0.1, -0.05) is 29.3 Å². The van der Waals surface area contributed by atoms with Gasteiger partial charge in [0.15, 0.2) is 11.4 Å². The first kappa shape index (κ1) is 25.8. The highest BCUT2D eigenvalue weighted by molar-refractivity contribution is 6.36. The van der Waals surface area contributed by atoms with Crippen LogP contribution in [0.2, 0.25) is 10.0 Å². The van der Waals surface area contributed by atoms with Crippen molar-refractivity contribution < 1.29 is 22.7 Å². The zero-order valence-electron chi connectivity index (χ0n) is 20.4. The van der Waals surface area contributed by atoms with E-state index in [1.165, 1.54) is 0 Å². The molecule has 2 aromatic heterocycles. The predicted molar refractivity (Wildman–Crippen MR) is 139 cm³/mol. The van der Waals surface area contributed by atoms with Gasteiger partial charge >= 0.3 is 0 Å². The molecule has 11 heteroatoms. The number of rotatable bonds is 5. The molecule has 1 amide bonds. The van der Waals surface area contributed by atoms with Crippen molar-refractivity contribution >= 4 is 51.5 Å². The van der Waals surface area contributed by atoms with E-state index in [1.54, 1.807) is 19.4 Å². The molecule has 1 aromatic carbocycles. The molecule has 2 aliphatic rings. The van der Waals surface area contributed by atoms with Crippen LogP contribution in [0.25, 0.3) is 16.5 Å². The summed E-state index contributed by atoms with van der Waals surface area (Å²) in [5, 5.41) is -0.0124. The highest BCUT2D eigenvalue weighted by atomic mass is 35.5. The number of fused-ring (bicyclic) bond motifs is 1. The average molecular weight is 551 g/mol. The van der Waals surface area contributed by atoms with Gasteiger partial charge in [-0.25, -0.2) is 13.8 Å². The Labute approximate surface area is 222 Å². The van der Waals surface area contributed by atoms with Gasteiger partial charge in [-0.3, -0.25) is 9.69 Å². The van der Waals surface area contributed by atoms with Gasteiger partial charge in [0.25, 0.3) is 0 Å². The molecule has 0 spiro atoms. The fraction of sp³-hybridized carbons (Fsp3) is 0.385. The summed E-state index contributed by atoms with van der Waals surface area (Å²) in [5.74, 6) is -1.58. The van der Waals surface area contributed by atoms with E-state index >= 15 is 0 Å². The Kier molecular flexibility index (Phi) is 7.04. The molecule has 0 aliphatic carbocycles. The molecule has 7 nitrogen and oxygen atoms in total. The van der Waals surface area contributed by atoms with Crippen LogP contribution >= 0.6 is 23.2 Å². The molecule has 196 valence electrons. The molecule has 0 radical (unpaired) electrons. The molecule has 3 aromatic rings. The van der Waals surface area contributed by atoms with Crippen LogP contribution in [0, 0.1) is 11.6 Å². The van der Waals surface area contributed by atoms with Gasteiger partial charge < -0.3 is 19.8 Å². The van der Waals surface area contributed by atoms with Crippen molar-refractivity contribution in [2.24, 2.45) is 0 Å². The lowest BCUT2D eigenvalue weighted by atomic mass is 9.99. The summed E-state index contributed by atoms with van der Waals surface area (Å²) in [5.41, 5.74) is 8.22. The molecule has 2 N–H and O–H groups in total. The highest BCUT2D eigenvalue weighted by Crippen LogP contribution is 2.42. The Bertz CT molecular complexity index is 1380. The van der Waals surface area contributed by atoms with Gasteiger partial charge in [-0.15, -0.1) is 0 Å². The highest BCUT2D eigenvalue weighted by Gasteiger charge is 2.32. The fourth-order valence-corrected chi connectivity index (χ4v) is 5.73. The summed E-state index contributed by atoms with van der Waals surface area (Å²) in [6.07, 6.45) is 6.83. The number of nitrogens with two attached hydrogens (primary N) is 1. The minimum atomic E-state index is -0.962. The molecule has 1 unspecified atom stereocenters. The van der Waals surface area contributed by atoms with E-state index in [2.05, 4.69) is 9.88 Å².